The summed E-state index contributed by atoms with van der Waals surface area (Å²) in [5.74, 6) is 0.282. The molecule has 0 spiro atoms. The lowest BCUT2D eigenvalue weighted by atomic mass is 10.0. The number of hydrogen-bond donors (Lipinski definition) is 1. The summed E-state index contributed by atoms with van der Waals surface area (Å²) in [5.41, 5.74) is 0.590. The highest BCUT2D eigenvalue weighted by atomic mass is 35.5. The Labute approximate surface area is 122 Å². The predicted molar refractivity (Wildman–Crippen MR) is 75.1 cm³/mol. The maximum Gasteiger partial charge on any atom is 0.176 e. The molecule has 0 radical (unpaired) electrons. The first-order valence-corrected chi connectivity index (χ1v) is 6.87. The van der Waals surface area contributed by atoms with Crippen molar-refractivity contribution in [1.29, 1.82) is 0 Å². The van der Waals surface area contributed by atoms with Gasteiger partial charge in [0.25, 0.3) is 0 Å². The number of halogens is 2. The van der Waals surface area contributed by atoms with E-state index >= 15 is 0 Å². The van der Waals surface area contributed by atoms with Crippen molar-refractivity contribution in [2.24, 2.45) is 7.05 Å². The molecule has 0 saturated heterocycles. The number of nitrogens with zero attached hydrogens (tertiary/aromatic N) is 4. The summed E-state index contributed by atoms with van der Waals surface area (Å²) in [6.07, 6.45) is 1.12. The van der Waals surface area contributed by atoms with Crippen LogP contribution in [0.15, 0.2) is 18.2 Å². The fourth-order valence-corrected chi connectivity index (χ4v) is 2.30. The van der Waals surface area contributed by atoms with Gasteiger partial charge in [0.15, 0.2) is 5.82 Å². The monoisotopic (exact) mass is 297 g/mol. The maximum atomic E-state index is 13.9. The fourth-order valence-electron chi connectivity index (χ4n) is 2.10. The summed E-state index contributed by atoms with van der Waals surface area (Å²) in [7, 11) is 1.72. The third-order valence-electron chi connectivity index (χ3n) is 2.97. The topological polar surface area (TPSA) is 55.6 Å². The van der Waals surface area contributed by atoms with Crippen LogP contribution >= 0.6 is 11.6 Å². The molecule has 1 heterocycles. The van der Waals surface area contributed by atoms with Gasteiger partial charge in [-0.05, 0) is 29.8 Å². The van der Waals surface area contributed by atoms with Gasteiger partial charge < -0.3 is 5.32 Å². The molecular weight excluding hydrogens is 281 g/mol. The Hall–Kier alpha value is -1.53. The Bertz CT molecular complexity index is 572. The van der Waals surface area contributed by atoms with Gasteiger partial charge in [-0.25, -0.2) is 4.39 Å². The van der Waals surface area contributed by atoms with Crippen molar-refractivity contribution in [3.63, 3.8) is 0 Å². The Balaban J connectivity index is 2.10. The number of nitrogens with one attached hydrogen (secondary N) is 1. The molecule has 1 aromatic heterocycles. The Morgan fingerprint density at radius 1 is 1.40 bits per heavy atom. The van der Waals surface area contributed by atoms with Crippen molar-refractivity contribution in [1.82, 2.24) is 25.5 Å². The zero-order chi connectivity index (χ0) is 14.5. The Morgan fingerprint density at radius 3 is 2.85 bits per heavy atom. The second-order valence-corrected chi connectivity index (χ2v) is 4.98. The molecule has 5 nitrogen and oxygen atoms in total. The van der Waals surface area contributed by atoms with Gasteiger partial charge >= 0.3 is 0 Å². The number of tetrazole rings is 1. The SMILES string of the molecule is CCNC(Cc1nnn(C)n1)Cc1cccc(Cl)c1F. The first-order chi connectivity index (χ1) is 9.60. The first kappa shape index (κ1) is 14.9. The van der Waals surface area contributed by atoms with E-state index in [-0.39, 0.29) is 16.9 Å². The van der Waals surface area contributed by atoms with Crippen LogP contribution in [0, 0.1) is 5.82 Å². The zero-order valence-electron chi connectivity index (χ0n) is 11.5. The summed E-state index contributed by atoms with van der Waals surface area (Å²) in [6.45, 7) is 2.79. The first-order valence-electron chi connectivity index (χ1n) is 6.49. The molecule has 1 N–H and O–H groups in total. The van der Waals surface area contributed by atoms with Gasteiger partial charge in [-0.3, -0.25) is 0 Å². The number of hydrogen-bond acceptors (Lipinski definition) is 4. The van der Waals surface area contributed by atoms with Crippen molar-refractivity contribution < 1.29 is 4.39 Å². The highest BCUT2D eigenvalue weighted by molar-refractivity contribution is 6.30. The standard InChI is InChI=1S/C13H17ClFN5/c1-3-16-10(8-12-17-19-20(2)18-12)7-9-5-4-6-11(14)13(9)15/h4-6,10,16H,3,7-8H2,1-2H3. The van der Waals surface area contributed by atoms with E-state index in [4.69, 9.17) is 11.6 Å². The minimum atomic E-state index is -0.357. The van der Waals surface area contributed by atoms with Crippen LogP contribution in [0.5, 0.6) is 0 Å². The third kappa shape index (κ3) is 3.74. The van der Waals surface area contributed by atoms with E-state index in [9.17, 15) is 4.39 Å². The summed E-state index contributed by atoms with van der Waals surface area (Å²) < 4.78 is 13.9. The van der Waals surface area contributed by atoms with Crippen LogP contribution in [0.1, 0.15) is 18.3 Å². The van der Waals surface area contributed by atoms with E-state index in [1.807, 2.05) is 6.92 Å². The number of likely N-dealkylation sites (N-methyl/N-ethyl adjacent to an activating group) is 1. The van der Waals surface area contributed by atoms with Crippen LogP contribution in [0.2, 0.25) is 5.02 Å². The Kier molecular flexibility index (Phi) is 5.03. The number of rotatable bonds is 6. The smallest absolute Gasteiger partial charge is 0.176 e. The molecule has 2 aromatic rings. The van der Waals surface area contributed by atoms with Crippen LogP contribution in [-0.4, -0.2) is 32.8 Å². The molecule has 1 aromatic carbocycles. The summed E-state index contributed by atoms with van der Waals surface area (Å²) in [5, 5.41) is 15.4. The molecule has 0 amide bonds. The number of aromatic nitrogens is 4. The predicted octanol–water partition coefficient (Wildman–Crippen LogP) is 1.77. The van der Waals surface area contributed by atoms with Gasteiger partial charge in [-0.15, -0.1) is 10.2 Å². The van der Waals surface area contributed by atoms with Crippen molar-refractivity contribution in [3.05, 3.63) is 40.4 Å². The third-order valence-corrected chi connectivity index (χ3v) is 3.26. The molecular formula is C13H17ClFN5. The lowest BCUT2D eigenvalue weighted by molar-refractivity contribution is 0.496. The van der Waals surface area contributed by atoms with Gasteiger partial charge in [0.1, 0.15) is 5.82 Å². The fraction of sp³-hybridized carbons (Fsp3) is 0.462. The highest BCUT2D eigenvalue weighted by Crippen LogP contribution is 2.19. The van der Waals surface area contributed by atoms with Gasteiger partial charge in [0.2, 0.25) is 0 Å². The highest BCUT2D eigenvalue weighted by Gasteiger charge is 2.16. The van der Waals surface area contributed by atoms with Crippen molar-refractivity contribution in [3.8, 4) is 0 Å². The van der Waals surface area contributed by atoms with Crippen LogP contribution in [0.4, 0.5) is 4.39 Å². The normalized spacial score (nSPS) is 12.6. The molecule has 1 unspecified atom stereocenters. The lowest BCUT2D eigenvalue weighted by Crippen LogP contribution is -2.33. The van der Waals surface area contributed by atoms with Crippen molar-refractivity contribution in [2.45, 2.75) is 25.8 Å². The van der Waals surface area contributed by atoms with Crippen molar-refractivity contribution in [2.75, 3.05) is 6.54 Å². The van der Waals surface area contributed by atoms with Gasteiger partial charge in [-0.1, -0.05) is 30.7 Å². The average molecular weight is 298 g/mol. The Morgan fingerprint density at radius 2 is 2.20 bits per heavy atom. The van der Waals surface area contributed by atoms with Gasteiger partial charge in [0, 0.05) is 12.5 Å². The molecule has 0 aliphatic heterocycles. The van der Waals surface area contributed by atoms with Gasteiger partial charge in [-0.2, -0.15) is 4.80 Å². The van der Waals surface area contributed by atoms with E-state index in [1.165, 1.54) is 4.80 Å². The molecule has 108 valence electrons. The van der Waals surface area contributed by atoms with E-state index in [2.05, 4.69) is 20.7 Å². The molecule has 2 rings (SSSR count). The zero-order valence-corrected chi connectivity index (χ0v) is 12.2. The minimum Gasteiger partial charge on any atom is -0.313 e. The molecule has 20 heavy (non-hydrogen) atoms. The van der Waals surface area contributed by atoms with Crippen LogP contribution < -0.4 is 5.32 Å². The van der Waals surface area contributed by atoms with Crippen molar-refractivity contribution >= 4 is 11.6 Å². The molecule has 7 heteroatoms. The molecule has 0 saturated carbocycles. The van der Waals surface area contributed by atoms with E-state index in [0.717, 1.165) is 6.54 Å². The molecule has 0 aliphatic carbocycles. The van der Waals surface area contributed by atoms with E-state index in [0.29, 0.717) is 24.2 Å². The van der Waals surface area contributed by atoms with E-state index in [1.54, 1.807) is 25.2 Å². The molecule has 1 atom stereocenters. The number of aryl methyl sites for hydroxylation is 1. The van der Waals surface area contributed by atoms with Crippen LogP contribution in [0.3, 0.4) is 0 Å². The quantitative estimate of drug-likeness (QED) is 0.883. The maximum absolute atomic E-state index is 13.9. The summed E-state index contributed by atoms with van der Waals surface area (Å²) in [6, 6.07) is 5.09. The number of benzene rings is 1. The average Bonchev–Trinajstić information content (AvgIpc) is 2.81. The second-order valence-electron chi connectivity index (χ2n) is 4.57. The summed E-state index contributed by atoms with van der Waals surface area (Å²) >= 11 is 5.80. The molecule has 0 bridgehead atoms. The van der Waals surface area contributed by atoms with E-state index < -0.39 is 0 Å². The molecule has 0 fully saturated rings. The van der Waals surface area contributed by atoms with Crippen LogP contribution in [-0.2, 0) is 19.9 Å². The largest absolute Gasteiger partial charge is 0.313 e. The summed E-state index contributed by atoms with van der Waals surface area (Å²) in [4.78, 5) is 1.41. The lowest BCUT2D eigenvalue weighted by Gasteiger charge is -2.16. The second kappa shape index (κ2) is 6.76. The van der Waals surface area contributed by atoms with Crippen LogP contribution in [0.25, 0.3) is 0 Å². The van der Waals surface area contributed by atoms with Gasteiger partial charge in [0.05, 0.1) is 12.1 Å². The minimum absolute atomic E-state index is 0.0390. The molecule has 0 aliphatic rings.